The Labute approximate surface area is 193 Å². The van der Waals surface area contributed by atoms with E-state index in [9.17, 15) is 15.3 Å². The lowest BCUT2D eigenvalue weighted by Crippen LogP contribution is -2.67. The van der Waals surface area contributed by atoms with Crippen LogP contribution >= 0.6 is 0 Å². The Hall–Kier alpha value is -1.16. The minimum atomic E-state index is -0.854. The van der Waals surface area contributed by atoms with Gasteiger partial charge in [-0.25, -0.2) is 0 Å². The molecule has 0 spiro atoms. The number of benzene rings is 1. The van der Waals surface area contributed by atoms with Crippen LogP contribution in [0.5, 0.6) is 0 Å². The topological polar surface area (TPSA) is 60.7 Å². The first-order valence-corrected chi connectivity index (χ1v) is 12.7. The molecule has 0 amide bonds. The van der Waals surface area contributed by atoms with Crippen molar-refractivity contribution in [1.29, 1.82) is 0 Å². The quantitative estimate of drug-likeness (QED) is 0.564. The minimum absolute atomic E-state index is 0.0703. The van der Waals surface area contributed by atoms with Gasteiger partial charge in [-0.2, -0.15) is 0 Å². The summed E-state index contributed by atoms with van der Waals surface area (Å²) in [5.41, 5.74) is 6.86. The van der Waals surface area contributed by atoms with Crippen molar-refractivity contribution in [3.8, 4) is 0 Å². The first-order chi connectivity index (χ1) is 14.9. The number of aryl methyl sites for hydroxylation is 2. The number of rotatable bonds is 1. The number of hydrogen-bond donors (Lipinski definition) is 3. The fourth-order valence-corrected chi connectivity index (χ4v) is 9.29. The molecule has 0 aromatic heterocycles. The van der Waals surface area contributed by atoms with Crippen molar-refractivity contribution in [1.82, 2.24) is 0 Å². The highest BCUT2D eigenvalue weighted by Crippen LogP contribution is 2.73. The van der Waals surface area contributed by atoms with Crippen molar-refractivity contribution in [3.05, 3.63) is 40.5 Å². The third kappa shape index (κ3) is 2.54. The van der Waals surface area contributed by atoms with Gasteiger partial charge in [-0.15, -0.1) is 0 Å². The normalized spacial score (nSPS) is 47.6. The highest BCUT2D eigenvalue weighted by atomic mass is 16.3. The third-order valence-corrected chi connectivity index (χ3v) is 11.5. The van der Waals surface area contributed by atoms with Crippen LogP contribution in [0.15, 0.2) is 18.2 Å². The first kappa shape index (κ1) is 22.6. The third-order valence-electron chi connectivity index (χ3n) is 11.5. The van der Waals surface area contributed by atoms with Crippen LogP contribution in [-0.2, 0) is 6.42 Å². The van der Waals surface area contributed by atoms with E-state index in [1.165, 1.54) is 28.7 Å². The van der Waals surface area contributed by atoms with E-state index in [1.807, 2.05) is 6.92 Å². The molecule has 3 N–H and O–H groups in total. The van der Waals surface area contributed by atoms with Gasteiger partial charge in [0.2, 0.25) is 0 Å². The average Bonchev–Trinajstić information content (AvgIpc) is 2.75. The van der Waals surface area contributed by atoms with Gasteiger partial charge in [0.1, 0.15) is 0 Å². The van der Waals surface area contributed by atoms with Crippen LogP contribution in [0.3, 0.4) is 0 Å². The lowest BCUT2D eigenvalue weighted by molar-refractivity contribution is -0.237. The van der Waals surface area contributed by atoms with Crippen molar-refractivity contribution in [2.45, 2.75) is 92.3 Å². The molecule has 0 unspecified atom stereocenters. The van der Waals surface area contributed by atoms with E-state index in [1.54, 1.807) is 5.57 Å². The summed E-state index contributed by atoms with van der Waals surface area (Å²) < 4.78 is 0. The lowest BCUT2D eigenvalue weighted by atomic mass is 9.35. The van der Waals surface area contributed by atoms with E-state index in [4.69, 9.17) is 0 Å². The van der Waals surface area contributed by atoms with Gasteiger partial charge in [0.25, 0.3) is 0 Å². The van der Waals surface area contributed by atoms with E-state index in [2.05, 4.69) is 52.8 Å². The van der Waals surface area contributed by atoms with Gasteiger partial charge in [-0.1, -0.05) is 45.9 Å². The van der Waals surface area contributed by atoms with Gasteiger partial charge in [0.05, 0.1) is 18.8 Å². The Kier molecular flexibility index (Phi) is 4.90. The maximum atomic E-state index is 10.9. The molecule has 0 bridgehead atoms. The Bertz CT molecular complexity index is 981. The highest BCUT2D eigenvalue weighted by Gasteiger charge is 2.68. The molecule has 0 saturated heterocycles. The van der Waals surface area contributed by atoms with Crippen molar-refractivity contribution in [2.24, 2.45) is 33.5 Å². The van der Waals surface area contributed by atoms with Gasteiger partial charge < -0.3 is 15.3 Å². The average molecular weight is 439 g/mol. The molecule has 2 fully saturated rings. The second-order valence-electron chi connectivity index (χ2n) is 12.7. The molecule has 4 aliphatic rings. The Morgan fingerprint density at radius 1 is 1.00 bits per heavy atom. The summed E-state index contributed by atoms with van der Waals surface area (Å²) in [6, 6.07) is 4.62. The molecule has 4 aliphatic carbocycles. The van der Waals surface area contributed by atoms with E-state index in [0.717, 1.165) is 25.7 Å². The SMILES string of the molecule is Cc1ccc2c(c1C)C1=CC[C@@H]3[C@@]4(C)C[C@@H](O)[C@@H](O)[C@](C)(CO)[C@@H]4CC[C@@]3(C)[C@]1(C)CC2. The van der Waals surface area contributed by atoms with Crippen LogP contribution in [0, 0.1) is 47.3 Å². The molecule has 32 heavy (non-hydrogen) atoms. The molecule has 1 aromatic carbocycles. The fraction of sp³-hybridized carbons (Fsp3) is 0.724. The molecule has 8 atom stereocenters. The van der Waals surface area contributed by atoms with Crippen LogP contribution in [0.1, 0.15) is 82.1 Å². The zero-order chi connectivity index (χ0) is 23.3. The lowest BCUT2D eigenvalue weighted by Gasteiger charge is -2.69. The molecule has 3 nitrogen and oxygen atoms in total. The second-order valence-corrected chi connectivity index (χ2v) is 12.7. The Balaban J connectivity index is 1.65. The zero-order valence-electron chi connectivity index (χ0n) is 20.8. The van der Waals surface area contributed by atoms with Crippen LogP contribution in [0.2, 0.25) is 0 Å². The fourth-order valence-electron chi connectivity index (χ4n) is 9.29. The van der Waals surface area contributed by atoms with Crippen molar-refractivity contribution in [2.75, 3.05) is 6.61 Å². The predicted molar refractivity (Wildman–Crippen MR) is 129 cm³/mol. The maximum Gasteiger partial charge on any atom is 0.0877 e. The molecule has 176 valence electrons. The summed E-state index contributed by atoms with van der Waals surface area (Å²) in [6.07, 6.45) is 6.98. The van der Waals surface area contributed by atoms with Gasteiger partial charge in [-0.05, 0) is 108 Å². The van der Waals surface area contributed by atoms with Crippen LogP contribution < -0.4 is 0 Å². The van der Waals surface area contributed by atoms with E-state index in [-0.39, 0.29) is 28.8 Å². The summed E-state index contributed by atoms with van der Waals surface area (Å²) in [4.78, 5) is 0. The zero-order valence-corrected chi connectivity index (χ0v) is 20.8. The van der Waals surface area contributed by atoms with Crippen LogP contribution in [0.4, 0.5) is 0 Å². The molecular formula is C29H42O3. The maximum absolute atomic E-state index is 10.9. The van der Waals surface area contributed by atoms with Crippen LogP contribution in [-0.4, -0.2) is 34.1 Å². The van der Waals surface area contributed by atoms with Crippen molar-refractivity contribution >= 4 is 5.57 Å². The number of aliphatic hydroxyl groups is 3. The minimum Gasteiger partial charge on any atom is -0.396 e. The summed E-state index contributed by atoms with van der Waals surface area (Å²) in [7, 11) is 0. The molecule has 3 heteroatoms. The Morgan fingerprint density at radius 2 is 1.72 bits per heavy atom. The number of aliphatic hydroxyl groups excluding tert-OH is 3. The summed E-state index contributed by atoms with van der Waals surface area (Å²) in [5.74, 6) is 0.650. The van der Waals surface area contributed by atoms with Gasteiger partial charge in [0.15, 0.2) is 0 Å². The van der Waals surface area contributed by atoms with Crippen molar-refractivity contribution in [3.63, 3.8) is 0 Å². The standard InChI is InChI=1S/C29H42O3/c1-17-7-8-19-11-13-28(5)20(24(19)18(17)2)9-10-23-26(3)15-21(31)25(32)27(4,16-30)22(26)12-14-29(23,28)6/h7-9,21-23,25,30-32H,10-16H2,1-6H3/t21-,22-,23-,25-,26+,27-,28-,29-/m1/s1. The molecular weight excluding hydrogens is 396 g/mol. The predicted octanol–water partition coefficient (Wildman–Crippen LogP) is 5.21. The van der Waals surface area contributed by atoms with E-state index < -0.39 is 17.6 Å². The highest BCUT2D eigenvalue weighted by molar-refractivity contribution is 5.79. The Morgan fingerprint density at radius 3 is 2.41 bits per heavy atom. The molecule has 1 aromatic rings. The van der Waals surface area contributed by atoms with E-state index in [0.29, 0.717) is 12.3 Å². The van der Waals surface area contributed by atoms with Gasteiger partial charge >= 0.3 is 0 Å². The molecule has 0 heterocycles. The van der Waals surface area contributed by atoms with Gasteiger partial charge in [-0.3, -0.25) is 0 Å². The van der Waals surface area contributed by atoms with E-state index >= 15 is 0 Å². The van der Waals surface area contributed by atoms with Crippen molar-refractivity contribution < 1.29 is 15.3 Å². The number of fused-ring (bicyclic) bond motifs is 7. The monoisotopic (exact) mass is 438 g/mol. The van der Waals surface area contributed by atoms with Crippen LogP contribution in [0.25, 0.3) is 5.57 Å². The number of allylic oxidation sites excluding steroid dienone is 2. The molecule has 0 radical (unpaired) electrons. The smallest absolute Gasteiger partial charge is 0.0877 e. The molecule has 5 rings (SSSR count). The van der Waals surface area contributed by atoms with Gasteiger partial charge in [0, 0.05) is 5.41 Å². The largest absolute Gasteiger partial charge is 0.396 e. The molecule has 0 aliphatic heterocycles. The first-order valence-electron chi connectivity index (χ1n) is 12.7. The summed E-state index contributed by atoms with van der Waals surface area (Å²) >= 11 is 0. The second kappa shape index (κ2) is 6.93. The summed E-state index contributed by atoms with van der Waals surface area (Å²) in [5, 5.41) is 32.2. The molecule has 2 saturated carbocycles. The number of hydrogen-bond acceptors (Lipinski definition) is 3. The summed E-state index contributed by atoms with van der Waals surface area (Å²) in [6.45, 7) is 13.8.